The third-order valence-corrected chi connectivity index (χ3v) is 2.98. The highest BCUT2D eigenvalue weighted by Crippen LogP contribution is 2.31. The van der Waals surface area contributed by atoms with Crippen LogP contribution in [0.5, 0.6) is 11.6 Å². The van der Waals surface area contributed by atoms with Crippen molar-refractivity contribution in [3.05, 3.63) is 35.4 Å². The fourth-order valence-corrected chi connectivity index (χ4v) is 1.99. The van der Waals surface area contributed by atoms with Crippen molar-refractivity contribution in [3.8, 4) is 11.6 Å². The number of aromatic amines is 1. The van der Waals surface area contributed by atoms with Gasteiger partial charge in [0.2, 0.25) is 5.95 Å². The molecule has 0 saturated carbocycles. The van der Waals surface area contributed by atoms with Crippen molar-refractivity contribution >= 4 is 28.7 Å². The molecule has 0 radical (unpaired) electrons. The van der Waals surface area contributed by atoms with Crippen molar-refractivity contribution in [3.63, 3.8) is 0 Å². The van der Waals surface area contributed by atoms with Gasteiger partial charge in [-0.1, -0.05) is 11.6 Å². The zero-order valence-electron chi connectivity index (χ0n) is 11.0. The lowest BCUT2D eigenvalue weighted by Gasteiger charge is -2.09. The van der Waals surface area contributed by atoms with Crippen LogP contribution in [-0.2, 0) is 0 Å². The Morgan fingerprint density at radius 3 is 3.00 bits per heavy atom. The Kier molecular flexibility index (Phi) is 3.57. The molecule has 0 amide bonds. The molecular weight excluding hydrogens is 297 g/mol. The minimum atomic E-state index is -0.435. The predicted octanol–water partition coefficient (Wildman–Crippen LogP) is 3.37. The predicted molar refractivity (Wildman–Crippen MR) is 77.3 cm³/mol. The Labute approximate surface area is 124 Å². The Morgan fingerprint density at radius 2 is 2.24 bits per heavy atom. The van der Waals surface area contributed by atoms with Crippen LogP contribution in [0, 0.1) is 5.82 Å². The zero-order chi connectivity index (χ0) is 14.8. The first kappa shape index (κ1) is 13.6. The Hall–Kier alpha value is -2.41. The lowest BCUT2D eigenvalue weighted by atomic mass is 10.3. The fourth-order valence-electron chi connectivity index (χ4n) is 1.78. The molecule has 3 aromatic rings. The Balaban J connectivity index is 2.04. The number of benzene rings is 1. The van der Waals surface area contributed by atoms with Gasteiger partial charge in [0, 0.05) is 6.54 Å². The molecule has 3 rings (SSSR count). The second kappa shape index (κ2) is 5.53. The highest BCUT2D eigenvalue weighted by molar-refractivity contribution is 6.32. The third kappa shape index (κ3) is 2.73. The smallest absolute Gasteiger partial charge is 0.250 e. The monoisotopic (exact) mass is 307 g/mol. The fraction of sp³-hybridized carbons (Fsp3) is 0.154. The zero-order valence-corrected chi connectivity index (χ0v) is 11.8. The van der Waals surface area contributed by atoms with Crippen LogP contribution in [0.2, 0.25) is 5.02 Å². The second-order valence-corrected chi connectivity index (χ2v) is 4.57. The number of anilines is 1. The molecule has 0 atom stereocenters. The van der Waals surface area contributed by atoms with Gasteiger partial charge in [-0.25, -0.2) is 9.37 Å². The van der Waals surface area contributed by atoms with Crippen LogP contribution < -0.4 is 10.1 Å². The molecule has 1 aromatic carbocycles. The van der Waals surface area contributed by atoms with Crippen molar-refractivity contribution in [2.75, 3.05) is 11.9 Å². The molecule has 0 aliphatic rings. The Bertz CT molecular complexity index is 791. The third-order valence-electron chi connectivity index (χ3n) is 2.69. The number of H-pyrrole nitrogens is 1. The van der Waals surface area contributed by atoms with E-state index in [4.69, 9.17) is 16.3 Å². The minimum absolute atomic E-state index is 0.159. The summed E-state index contributed by atoms with van der Waals surface area (Å²) in [6, 6.07) is 3.88. The molecule has 0 saturated heterocycles. The molecule has 8 heteroatoms. The quantitative estimate of drug-likeness (QED) is 0.773. The van der Waals surface area contributed by atoms with Crippen LogP contribution in [0.4, 0.5) is 10.3 Å². The van der Waals surface area contributed by atoms with Gasteiger partial charge in [-0.05, 0) is 25.1 Å². The van der Waals surface area contributed by atoms with Crippen molar-refractivity contribution in [2.45, 2.75) is 6.92 Å². The summed E-state index contributed by atoms with van der Waals surface area (Å²) in [5.74, 6) is 0.525. The van der Waals surface area contributed by atoms with E-state index in [2.05, 4.69) is 25.3 Å². The van der Waals surface area contributed by atoms with Crippen LogP contribution in [0.15, 0.2) is 24.5 Å². The maximum atomic E-state index is 13.1. The first-order chi connectivity index (χ1) is 10.2. The van der Waals surface area contributed by atoms with E-state index < -0.39 is 5.82 Å². The average molecular weight is 308 g/mol. The van der Waals surface area contributed by atoms with Gasteiger partial charge in [0.25, 0.3) is 5.88 Å². The molecule has 0 fully saturated rings. The van der Waals surface area contributed by atoms with Crippen molar-refractivity contribution in [2.24, 2.45) is 0 Å². The van der Waals surface area contributed by atoms with Crippen molar-refractivity contribution < 1.29 is 9.13 Å². The van der Waals surface area contributed by atoms with Crippen LogP contribution in [0.25, 0.3) is 11.2 Å². The van der Waals surface area contributed by atoms with Gasteiger partial charge in [-0.3, -0.25) is 0 Å². The molecule has 2 heterocycles. The summed E-state index contributed by atoms with van der Waals surface area (Å²) in [5, 5.41) is 3.15. The lowest BCUT2D eigenvalue weighted by Crippen LogP contribution is -2.03. The topological polar surface area (TPSA) is 75.7 Å². The van der Waals surface area contributed by atoms with E-state index in [1.807, 2.05) is 6.92 Å². The van der Waals surface area contributed by atoms with E-state index in [1.165, 1.54) is 24.5 Å². The maximum Gasteiger partial charge on any atom is 0.250 e. The summed E-state index contributed by atoms with van der Waals surface area (Å²) in [7, 11) is 0. The molecular formula is C13H11ClFN5O. The highest BCUT2D eigenvalue weighted by Gasteiger charge is 2.13. The van der Waals surface area contributed by atoms with Gasteiger partial charge in [0.1, 0.15) is 17.1 Å². The van der Waals surface area contributed by atoms with Gasteiger partial charge < -0.3 is 15.0 Å². The molecule has 0 unspecified atom stereocenters. The first-order valence-corrected chi connectivity index (χ1v) is 6.63. The number of fused-ring (bicyclic) bond motifs is 1. The normalized spacial score (nSPS) is 10.8. The van der Waals surface area contributed by atoms with Crippen LogP contribution in [-0.4, -0.2) is 26.5 Å². The molecule has 21 heavy (non-hydrogen) atoms. The summed E-state index contributed by atoms with van der Waals surface area (Å²) >= 11 is 5.96. The van der Waals surface area contributed by atoms with E-state index in [0.717, 1.165) is 0 Å². The number of imidazole rings is 1. The number of halogens is 2. The lowest BCUT2D eigenvalue weighted by molar-refractivity contribution is 0.466. The number of aromatic nitrogens is 4. The average Bonchev–Trinajstić information content (AvgIpc) is 2.91. The number of ether oxygens (including phenoxy) is 1. The number of nitrogens with one attached hydrogen (secondary N) is 2. The van der Waals surface area contributed by atoms with Crippen molar-refractivity contribution in [1.29, 1.82) is 0 Å². The molecule has 2 aromatic heterocycles. The van der Waals surface area contributed by atoms with Gasteiger partial charge >= 0.3 is 0 Å². The minimum Gasteiger partial charge on any atom is -0.435 e. The van der Waals surface area contributed by atoms with E-state index in [-0.39, 0.29) is 10.9 Å². The second-order valence-electron chi connectivity index (χ2n) is 4.16. The van der Waals surface area contributed by atoms with Crippen LogP contribution >= 0.6 is 11.6 Å². The van der Waals surface area contributed by atoms with Gasteiger partial charge in [0.15, 0.2) is 5.65 Å². The first-order valence-electron chi connectivity index (χ1n) is 6.25. The summed E-state index contributed by atoms with van der Waals surface area (Å²) < 4.78 is 18.7. The number of hydrogen-bond acceptors (Lipinski definition) is 5. The largest absolute Gasteiger partial charge is 0.435 e. The van der Waals surface area contributed by atoms with E-state index in [0.29, 0.717) is 29.4 Å². The van der Waals surface area contributed by atoms with Gasteiger partial charge in [-0.2, -0.15) is 9.97 Å². The summed E-state index contributed by atoms with van der Waals surface area (Å²) in [5.41, 5.74) is 1.01. The molecule has 0 aliphatic heterocycles. The maximum absolute atomic E-state index is 13.1. The van der Waals surface area contributed by atoms with E-state index >= 15 is 0 Å². The SMILES string of the molecule is CCNc1nc(Oc2ccc(F)cc2Cl)c2[nH]cnc2n1. The molecule has 0 spiro atoms. The standard InChI is InChI=1S/C13H11ClFN5O/c1-2-16-13-19-11-10(17-6-18-11)12(20-13)21-9-4-3-7(15)5-8(9)14/h3-6H,2H2,1H3,(H2,16,17,18,19,20). The highest BCUT2D eigenvalue weighted by atomic mass is 35.5. The summed E-state index contributed by atoms with van der Waals surface area (Å²) in [6.07, 6.45) is 1.49. The number of nitrogens with zero attached hydrogens (tertiary/aromatic N) is 3. The molecule has 0 aliphatic carbocycles. The van der Waals surface area contributed by atoms with Gasteiger partial charge in [-0.15, -0.1) is 0 Å². The molecule has 108 valence electrons. The van der Waals surface area contributed by atoms with Gasteiger partial charge in [0.05, 0.1) is 11.3 Å². The number of hydrogen-bond donors (Lipinski definition) is 2. The van der Waals surface area contributed by atoms with E-state index in [1.54, 1.807) is 0 Å². The van der Waals surface area contributed by atoms with Crippen LogP contribution in [0.1, 0.15) is 6.92 Å². The van der Waals surface area contributed by atoms with E-state index in [9.17, 15) is 4.39 Å². The van der Waals surface area contributed by atoms with Crippen molar-refractivity contribution in [1.82, 2.24) is 19.9 Å². The summed E-state index contributed by atoms with van der Waals surface area (Å²) in [4.78, 5) is 15.5. The number of rotatable bonds is 4. The molecule has 2 N–H and O–H groups in total. The molecule has 6 nitrogen and oxygen atoms in total. The Morgan fingerprint density at radius 1 is 1.38 bits per heavy atom. The van der Waals surface area contributed by atoms with Crippen LogP contribution in [0.3, 0.4) is 0 Å². The summed E-state index contributed by atoms with van der Waals surface area (Å²) in [6.45, 7) is 2.59. The molecule has 0 bridgehead atoms.